The summed E-state index contributed by atoms with van der Waals surface area (Å²) in [5.74, 6) is -0.0594. The molecule has 3 aromatic rings. The highest BCUT2D eigenvalue weighted by atomic mass is 79.9. The summed E-state index contributed by atoms with van der Waals surface area (Å²) in [6, 6.07) is 11.1. The molecule has 5 nitrogen and oxygen atoms in total. The molecule has 0 radical (unpaired) electrons. The van der Waals surface area contributed by atoms with Gasteiger partial charge < -0.3 is 4.90 Å². The fraction of sp³-hybridized carbons (Fsp3) is 0.188. The van der Waals surface area contributed by atoms with Crippen LogP contribution in [-0.4, -0.2) is 27.6 Å². The highest BCUT2D eigenvalue weighted by molar-refractivity contribution is 9.11. The predicted octanol–water partition coefficient (Wildman–Crippen LogP) is 2.88. The molecule has 0 saturated heterocycles. The minimum atomic E-state index is -0.138. The van der Waals surface area contributed by atoms with Crippen molar-refractivity contribution >= 4 is 44.1 Å². The van der Waals surface area contributed by atoms with Crippen molar-refractivity contribution in [3.63, 3.8) is 0 Å². The molecule has 23 heavy (non-hydrogen) atoms. The van der Waals surface area contributed by atoms with Gasteiger partial charge in [-0.25, -0.2) is 0 Å². The minimum Gasteiger partial charge on any atom is -0.339 e. The number of para-hydroxylation sites is 1. The van der Waals surface area contributed by atoms with E-state index >= 15 is 0 Å². The van der Waals surface area contributed by atoms with Gasteiger partial charge in [0.05, 0.1) is 22.0 Å². The zero-order valence-corrected chi connectivity index (χ0v) is 14.8. The monoisotopic (exact) mass is 391 g/mol. The number of fused-ring (bicyclic) bond motifs is 1. The van der Waals surface area contributed by atoms with Gasteiger partial charge in [0.2, 0.25) is 11.3 Å². The third kappa shape index (κ3) is 3.51. The lowest BCUT2D eigenvalue weighted by atomic mass is 10.2. The molecule has 0 fully saturated rings. The van der Waals surface area contributed by atoms with Gasteiger partial charge in [0.15, 0.2) is 0 Å². The van der Waals surface area contributed by atoms with Crippen LogP contribution in [0.4, 0.5) is 0 Å². The quantitative estimate of drug-likeness (QED) is 0.686. The Morgan fingerprint density at radius 1 is 1.30 bits per heavy atom. The average Bonchev–Trinajstić information content (AvgIpc) is 2.95. The van der Waals surface area contributed by atoms with E-state index in [-0.39, 0.29) is 17.9 Å². The average molecular weight is 392 g/mol. The van der Waals surface area contributed by atoms with E-state index in [2.05, 4.69) is 21.0 Å². The van der Waals surface area contributed by atoms with Crippen molar-refractivity contribution in [2.24, 2.45) is 0 Å². The van der Waals surface area contributed by atoms with Crippen LogP contribution in [0.15, 0.2) is 51.2 Å². The second kappa shape index (κ2) is 6.64. The Bertz CT molecular complexity index is 919. The summed E-state index contributed by atoms with van der Waals surface area (Å²) in [6.45, 7) is 0.650. The number of carbonyl (C=O) groups excluding carboxylic acids is 1. The molecule has 118 valence electrons. The van der Waals surface area contributed by atoms with Crippen LogP contribution in [0.25, 0.3) is 10.9 Å². The van der Waals surface area contributed by atoms with E-state index in [0.717, 1.165) is 8.66 Å². The highest BCUT2D eigenvalue weighted by Crippen LogP contribution is 2.23. The van der Waals surface area contributed by atoms with Gasteiger partial charge in [0.25, 0.3) is 0 Å². The maximum atomic E-state index is 12.4. The Balaban J connectivity index is 1.80. The molecule has 0 unspecified atom stereocenters. The van der Waals surface area contributed by atoms with E-state index in [0.29, 0.717) is 17.4 Å². The van der Waals surface area contributed by atoms with Crippen LogP contribution >= 0.6 is 27.3 Å². The minimum absolute atomic E-state index is 0.0594. The lowest BCUT2D eigenvalue weighted by Gasteiger charge is -2.17. The normalized spacial score (nSPS) is 10.9. The molecule has 0 atom stereocenters. The number of aromatic nitrogens is 2. The summed E-state index contributed by atoms with van der Waals surface area (Å²) in [6.07, 6.45) is 1.26. The molecule has 0 N–H and O–H groups in total. The number of thiophene rings is 1. The van der Waals surface area contributed by atoms with Crippen LogP contribution in [0.2, 0.25) is 0 Å². The molecule has 3 rings (SSSR count). The van der Waals surface area contributed by atoms with Crippen molar-refractivity contribution < 1.29 is 4.79 Å². The van der Waals surface area contributed by atoms with Gasteiger partial charge in [0.1, 0.15) is 6.54 Å². The van der Waals surface area contributed by atoms with E-state index < -0.39 is 0 Å². The van der Waals surface area contributed by atoms with Crippen molar-refractivity contribution in [3.8, 4) is 0 Å². The molecule has 0 spiro atoms. The van der Waals surface area contributed by atoms with Crippen molar-refractivity contribution in [2.75, 3.05) is 7.05 Å². The predicted molar refractivity (Wildman–Crippen MR) is 94.5 cm³/mol. The first kappa shape index (κ1) is 15.9. The number of rotatable bonds is 4. The summed E-state index contributed by atoms with van der Waals surface area (Å²) >= 11 is 5.02. The van der Waals surface area contributed by atoms with Crippen LogP contribution in [0.3, 0.4) is 0 Å². The fourth-order valence-electron chi connectivity index (χ4n) is 2.29. The van der Waals surface area contributed by atoms with Gasteiger partial charge in [-0.15, -0.1) is 11.3 Å². The van der Waals surface area contributed by atoms with E-state index in [1.165, 1.54) is 6.20 Å². The van der Waals surface area contributed by atoms with Gasteiger partial charge in [-0.1, -0.05) is 12.1 Å². The molecular formula is C16H14BrN3O2S. The van der Waals surface area contributed by atoms with E-state index in [1.807, 2.05) is 18.2 Å². The molecule has 0 aliphatic carbocycles. The number of benzene rings is 1. The molecule has 0 aliphatic heterocycles. The summed E-state index contributed by atoms with van der Waals surface area (Å²) in [4.78, 5) is 27.0. The first-order valence-electron chi connectivity index (χ1n) is 6.97. The first-order valence-corrected chi connectivity index (χ1v) is 8.58. The number of hydrogen-bond acceptors (Lipinski definition) is 4. The SMILES string of the molecule is CN(Cc1ccc(Br)s1)C(=O)Cn1ncc(=O)c2ccccc21. The summed E-state index contributed by atoms with van der Waals surface area (Å²) < 4.78 is 2.61. The van der Waals surface area contributed by atoms with Crippen molar-refractivity contribution in [3.05, 3.63) is 61.5 Å². The molecule has 0 aliphatic rings. The zero-order valence-electron chi connectivity index (χ0n) is 12.4. The Kier molecular flexibility index (Phi) is 4.58. The van der Waals surface area contributed by atoms with E-state index in [9.17, 15) is 9.59 Å². The number of carbonyl (C=O) groups is 1. The fourth-order valence-corrected chi connectivity index (χ4v) is 3.83. The van der Waals surface area contributed by atoms with Gasteiger partial charge in [-0.2, -0.15) is 5.10 Å². The standard InChI is InChI=1S/C16H14BrN3O2S/c1-19(9-11-6-7-15(17)23-11)16(22)10-20-13-5-3-2-4-12(13)14(21)8-18-20/h2-8H,9-10H2,1H3. The molecule has 1 aromatic carbocycles. The maximum absolute atomic E-state index is 12.4. The van der Waals surface area contributed by atoms with Crippen LogP contribution < -0.4 is 5.43 Å². The smallest absolute Gasteiger partial charge is 0.244 e. The Morgan fingerprint density at radius 3 is 2.83 bits per heavy atom. The third-order valence-electron chi connectivity index (χ3n) is 3.49. The molecule has 0 bridgehead atoms. The number of halogens is 1. The number of amides is 1. The number of likely N-dealkylation sites (N-methyl/N-ethyl adjacent to an activating group) is 1. The van der Waals surface area contributed by atoms with Gasteiger partial charge in [-0.05, 0) is 40.2 Å². The van der Waals surface area contributed by atoms with Crippen LogP contribution in [0.5, 0.6) is 0 Å². The largest absolute Gasteiger partial charge is 0.339 e. The first-order chi connectivity index (χ1) is 11.0. The lowest BCUT2D eigenvalue weighted by molar-refractivity contribution is -0.131. The van der Waals surface area contributed by atoms with Crippen molar-refractivity contribution in [1.29, 1.82) is 0 Å². The lowest BCUT2D eigenvalue weighted by Crippen LogP contribution is -2.30. The third-order valence-corrected chi connectivity index (χ3v) is 5.10. The Morgan fingerprint density at radius 2 is 2.09 bits per heavy atom. The van der Waals surface area contributed by atoms with Crippen molar-refractivity contribution in [1.82, 2.24) is 14.7 Å². The Labute approximate surface area is 145 Å². The molecule has 1 amide bonds. The van der Waals surface area contributed by atoms with Gasteiger partial charge in [-0.3, -0.25) is 14.3 Å². The van der Waals surface area contributed by atoms with Crippen LogP contribution in [0, 0.1) is 0 Å². The van der Waals surface area contributed by atoms with Gasteiger partial charge >= 0.3 is 0 Å². The summed E-state index contributed by atoms with van der Waals surface area (Å²) in [5.41, 5.74) is 0.529. The van der Waals surface area contributed by atoms with Crippen molar-refractivity contribution in [2.45, 2.75) is 13.1 Å². The molecule has 0 saturated carbocycles. The van der Waals surface area contributed by atoms with E-state index in [1.54, 1.807) is 46.2 Å². The second-order valence-electron chi connectivity index (χ2n) is 5.14. The number of hydrogen-bond donors (Lipinski definition) is 0. The molecular weight excluding hydrogens is 378 g/mol. The Hall–Kier alpha value is -1.99. The molecule has 7 heteroatoms. The van der Waals surface area contributed by atoms with Gasteiger partial charge in [0, 0.05) is 17.3 Å². The summed E-state index contributed by atoms with van der Waals surface area (Å²) in [7, 11) is 1.76. The molecule has 2 heterocycles. The highest BCUT2D eigenvalue weighted by Gasteiger charge is 2.13. The van der Waals surface area contributed by atoms with Crippen LogP contribution in [0.1, 0.15) is 4.88 Å². The zero-order chi connectivity index (χ0) is 16.4. The van der Waals surface area contributed by atoms with Crippen LogP contribution in [-0.2, 0) is 17.9 Å². The van der Waals surface area contributed by atoms with E-state index in [4.69, 9.17) is 0 Å². The summed E-state index contributed by atoms with van der Waals surface area (Å²) in [5, 5.41) is 4.66. The number of nitrogens with zero attached hydrogens (tertiary/aromatic N) is 3. The molecule has 2 aromatic heterocycles. The second-order valence-corrected chi connectivity index (χ2v) is 7.69. The topological polar surface area (TPSA) is 55.2 Å². The maximum Gasteiger partial charge on any atom is 0.244 e.